The van der Waals surface area contributed by atoms with Gasteiger partial charge in [0.1, 0.15) is 0 Å². The number of hydrogen-bond donors (Lipinski definition) is 5. The Kier molecular flexibility index (Phi) is 11.6. The minimum atomic E-state index is -0.981. The zero-order valence-corrected chi connectivity index (χ0v) is 20.9. The number of benzene rings is 2. The lowest BCUT2D eigenvalue weighted by Gasteiger charge is -2.25. The molecule has 0 saturated carbocycles. The monoisotopic (exact) mass is 511 g/mol. The number of aryl methyl sites for hydroxylation is 2. The van der Waals surface area contributed by atoms with E-state index in [9.17, 15) is 19.5 Å². The van der Waals surface area contributed by atoms with E-state index in [0.29, 0.717) is 38.9 Å². The maximum Gasteiger partial charge on any atom is 0.304 e. The van der Waals surface area contributed by atoms with Gasteiger partial charge in [-0.05, 0) is 42.4 Å². The molecule has 37 heavy (non-hydrogen) atoms. The zero-order chi connectivity index (χ0) is 25.9. The molecule has 200 valence electrons. The van der Waals surface area contributed by atoms with Crippen molar-refractivity contribution >= 4 is 23.7 Å². The minimum absolute atomic E-state index is 0. The van der Waals surface area contributed by atoms with E-state index >= 15 is 0 Å². The van der Waals surface area contributed by atoms with E-state index < -0.39 is 11.9 Å². The number of carbonyl (C=O) groups is 3. The fourth-order valence-electron chi connectivity index (χ4n) is 4.54. The highest BCUT2D eigenvalue weighted by molar-refractivity contribution is 5.85. The molecule has 8 N–H and O–H groups in total. The molecule has 0 radical (unpaired) electrons. The molecule has 0 unspecified atom stereocenters. The fourth-order valence-corrected chi connectivity index (χ4v) is 4.54. The van der Waals surface area contributed by atoms with Crippen molar-refractivity contribution in [1.29, 1.82) is 5.41 Å². The molecule has 0 aliphatic carbocycles. The van der Waals surface area contributed by atoms with Crippen LogP contribution in [-0.2, 0) is 33.8 Å². The summed E-state index contributed by atoms with van der Waals surface area (Å²) in [5.41, 5.74) is 8.51. The van der Waals surface area contributed by atoms with Crippen molar-refractivity contribution in [1.82, 2.24) is 15.5 Å². The molecule has 2 amide bonds. The predicted molar refractivity (Wildman–Crippen MR) is 141 cm³/mol. The Morgan fingerprint density at radius 3 is 2.30 bits per heavy atom. The Bertz CT molecular complexity index is 1040. The van der Waals surface area contributed by atoms with Gasteiger partial charge in [0.2, 0.25) is 11.8 Å². The number of guanidine groups is 1. The third-order valence-electron chi connectivity index (χ3n) is 6.44. The number of aliphatic carboxylic acids is 1. The van der Waals surface area contributed by atoms with E-state index in [2.05, 4.69) is 10.6 Å². The van der Waals surface area contributed by atoms with Crippen LogP contribution in [-0.4, -0.2) is 58.4 Å². The highest BCUT2D eigenvalue weighted by Crippen LogP contribution is 2.27. The minimum Gasteiger partial charge on any atom is -0.481 e. The predicted octanol–water partition coefficient (Wildman–Crippen LogP) is 1.22. The van der Waals surface area contributed by atoms with Crippen LogP contribution in [0.5, 0.6) is 0 Å². The standard InChI is InChI=1S/C27H35N5O4.H2O/c28-27(29)31-17-21-10-8-20(9-11-21)12-13-24(33)30-18-23-15-22(16-25(34)35)26(36)32(23)14-4-7-19-5-2-1-3-6-19;/h1-3,5-6,8-11,22-23H,4,7,12-18H2,(H,30,33)(H,34,35)(H4,28,29,31);1H2/t22-,23-;/m0./s1. The van der Waals surface area contributed by atoms with Gasteiger partial charge in [0, 0.05) is 32.1 Å². The molecule has 1 heterocycles. The Morgan fingerprint density at radius 1 is 1.00 bits per heavy atom. The molecule has 2 aromatic rings. The van der Waals surface area contributed by atoms with Gasteiger partial charge in [-0.2, -0.15) is 0 Å². The van der Waals surface area contributed by atoms with Crippen LogP contribution in [0.4, 0.5) is 0 Å². The molecule has 1 fully saturated rings. The number of hydrogen-bond acceptors (Lipinski definition) is 4. The van der Waals surface area contributed by atoms with Gasteiger partial charge in [0.15, 0.2) is 5.96 Å². The first-order chi connectivity index (χ1) is 17.3. The smallest absolute Gasteiger partial charge is 0.304 e. The summed E-state index contributed by atoms with van der Waals surface area (Å²) in [5, 5.41) is 22.1. The normalized spacial score (nSPS) is 16.6. The van der Waals surface area contributed by atoms with Gasteiger partial charge in [-0.3, -0.25) is 19.8 Å². The van der Waals surface area contributed by atoms with Crippen molar-refractivity contribution in [3.05, 3.63) is 71.3 Å². The summed E-state index contributed by atoms with van der Waals surface area (Å²) in [5.74, 6) is -1.84. The number of nitrogens with zero attached hydrogens (tertiary/aromatic N) is 1. The summed E-state index contributed by atoms with van der Waals surface area (Å²) >= 11 is 0. The summed E-state index contributed by atoms with van der Waals surface area (Å²) in [4.78, 5) is 38.4. The van der Waals surface area contributed by atoms with Crippen molar-refractivity contribution in [3.8, 4) is 0 Å². The lowest BCUT2D eigenvalue weighted by Crippen LogP contribution is -2.42. The molecule has 0 bridgehead atoms. The molecule has 0 spiro atoms. The average molecular weight is 512 g/mol. The first kappa shape index (κ1) is 29.3. The summed E-state index contributed by atoms with van der Waals surface area (Å²) in [6, 6.07) is 17.6. The summed E-state index contributed by atoms with van der Waals surface area (Å²) in [7, 11) is 0. The van der Waals surface area contributed by atoms with Crippen LogP contribution in [0.1, 0.15) is 42.4 Å². The Labute approximate surface area is 217 Å². The quantitative estimate of drug-likeness (QED) is 0.199. The van der Waals surface area contributed by atoms with Crippen LogP contribution in [0.2, 0.25) is 0 Å². The van der Waals surface area contributed by atoms with E-state index in [1.807, 2.05) is 54.6 Å². The van der Waals surface area contributed by atoms with Crippen LogP contribution in [0.25, 0.3) is 0 Å². The molecule has 0 aromatic heterocycles. The van der Waals surface area contributed by atoms with Crippen LogP contribution in [0, 0.1) is 11.3 Å². The largest absolute Gasteiger partial charge is 0.481 e. The van der Waals surface area contributed by atoms with Gasteiger partial charge in [-0.25, -0.2) is 0 Å². The Morgan fingerprint density at radius 2 is 1.65 bits per heavy atom. The molecule has 3 rings (SSSR count). The van der Waals surface area contributed by atoms with Gasteiger partial charge < -0.3 is 31.8 Å². The van der Waals surface area contributed by atoms with Crippen LogP contribution in [0.3, 0.4) is 0 Å². The third kappa shape index (κ3) is 9.57. The summed E-state index contributed by atoms with van der Waals surface area (Å²) < 4.78 is 0. The number of nitrogens with one attached hydrogen (secondary N) is 3. The number of carboxylic acids is 1. The van der Waals surface area contributed by atoms with Crippen molar-refractivity contribution in [2.75, 3.05) is 13.1 Å². The van der Waals surface area contributed by atoms with E-state index in [1.165, 1.54) is 5.56 Å². The number of nitrogens with two attached hydrogens (primary N) is 1. The fraction of sp³-hybridized carbons (Fsp3) is 0.407. The Hall–Kier alpha value is -3.92. The SMILES string of the molecule is N=C(N)NCc1ccc(CCC(=O)NC[C@@H]2C[C@@H](CC(=O)O)C(=O)N2CCCc2ccccc2)cc1.O. The summed E-state index contributed by atoms with van der Waals surface area (Å²) in [6.45, 7) is 1.33. The molecule has 2 atom stereocenters. The van der Waals surface area contributed by atoms with Crippen molar-refractivity contribution in [2.24, 2.45) is 11.7 Å². The number of carbonyl (C=O) groups excluding carboxylic acids is 2. The highest BCUT2D eigenvalue weighted by atomic mass is 16.4. The molecular formula is C27H37N5O5. The number of amides is 2. The number of rotatable bonds is 13. The van der Waals surface area contributed by atoms with Gasteiger partial charge in [-0.15, -0.1) is 0 Å². The maximum atomic E-state index is 12.9. The van der Waals surface area contributed by atoms with E-state index in [4.69, 9.17) is 11.1 Å². The molecule has 2 aromatic carbocycles. The number of likely N-dealkylation sites (tertiary alicyclic amines) is 1. The third-order valence-corrected chi connectivity index (χ3v) is 6.44. The average Bonchev–Trinajstić information content (AvgIpc) is 3.15. The molecule has 1 saturated heterocycles. The molecule has 10 heteroatoms. The molecule has 10 nitrogen and oxygen atoms in total. The van der Waals surface area contributed by atoms with Gasteiger partial charge in [0.05, 0.1) is 12.3 Å². The summed E-state index contributed by atoms with van der Waals surface area (Å²) in [6.07, 6.45) is 2.76. The Balaban J connectivity index is 0.00000481. The highest BCUT2D eigenvalue weighted by Gasteiger charge is 2.40. The van der Waals surface area contributed by atoms with Gasteiger partial charge >= 0.3 is 5.97 Å². The first-order valence-electron chi connectivity index (χ1n) is 12.3. The van der Waals surface area contributed by atoms with Crippen molar-refractivity contribution in [3.63, 3.8) is 0 Å². The van der Waals surface area contributed by atoms with Crippen molar-refractivity contribution < 1.29 is 25.0 Å². The second-order valence-electron chi connectivity index (χ2n) is 9.19. The maximum absolute atomic E-state index is 12.9. The topological polar surface area (TPSA) is 180 Å². The molecule has 1 aliphatic rings. The van der Waals surface area contributed by atoms with Crippen LogP contribution < -0.4 is 16.4 Å². The van der Waals surface area contributed by atoms with Crippen LogP contribution in [0.15, 0.2) is 54.6 Å². The first-order valence-corrected chi connectivity index (χ1v) is 12.3. The van der Waals surface area contributed by atoms with E-state index in [-0.39, 0.29) is 35.7 Å². The second-order valence-corrected chi connectivity index (χ2v) is 9.19. The van der Waals surface area contributed by atoms with E-state index in [0.717, 1.165) is 24.0 Å². The van der Waals surface area contributed by atoms with Gasteiger partial charge in [0.25, 0.3) is 0 Å². The lowest BCUT2D eigenvalue weighted by atomic mass is 10.0. The van der Waals surface area contributed by atoms with Crippen molar-refractivity contribution in [2.45, 2.75) is 51.1 Å². The zero-order valence-electron chi connectivity index (χ0n) is 20.9. The molecule has 1 aliphatic heterocycles. The lowest BCUT2D eigenvalue weighted by molar-refractivity contribution is -0.142. The molecular weight excluding hydrogens is 474 g/mol. The van der Waals surface area contributed by atoms with E-state index in [1.54, 1.807) is 4.90 Å². The second kappa shape index (κ2) is 14.6. The van der Waals surface area contributed by atoms with Gasteiger partial charge in [-0.1, -0.05) is 54.6 Å². The van der Waals surface area contributed by atoms with Crippen LogP contribution >= 0.6 is 0 Å². The number of carboxylic acid groups (broad SMARTS) is 1.